The van der Waals surface area contributed by atoms with Gasteiger partial charge in [-0.15, -0.1) is 0 Å². The van der Waals surface area contributed by atoms with E-state index in [-0.39, 0.29) is 23.9 Å². The van der Waals surface area contributed by atoms with Gasteiger partial charge < -0.3 is 15.6 Å². The van der Waals surface area contributed by atoms with Crippen LogP contribution >= 0.6 is 0 Å². The van der Waals surface area contributed by atoms with E-state index in [1.54, 1.807) is 0 Å². The van der Waals surface area contributed by atoms with E-state index in [0.717, 1.165) is 28.9 Å². The Kier molecular flexibility index (Phi) is 6.51. The molecular weight excluding hydrogens is 376 g/mol. The maximum atomic E-state index is 12.3. The van der Waals surface area contributed by atoms with Gasteiger partial charge >= 0.3 is 5.97 Å². The zero-order valence-corrected chi connectivity index (χ0v) is 18.6. The van der Waals surface area contributed by atoms with Gasteiger partial charge in [-0.2, -0.15) is 0 Å². The number of hydrogen-bond donors (Lipinski definition) is 2. The van der Waals surface area contributed by atoms with Crippen LogP contribution in [-0.4, -0.2) is 27.8 Å². The van der Waals surface area contributed by atoms with Crippen LogP contribution in [0.25, 0.3) is 11.6 Å². The number of allylic oxidation sites excluding steroid dienone is 4. The SMILES string of the molecule is C/C=C(N)\C(=C/CC)c1ccc(/C=C/[C@H]2C(C)[C@@H](C)C[C@@]3(O)C(=O)O[C@H](C)[C@@H]23)nc1. The molecule has 1 saturated heterocycles. The summed E-state index contributed by atoms with van der Waals surface area (Å²) in [6.45, 7) is 10.2. The third-order valence-corrected chi connectivity index (χ3v) is 6.87. The van der Waals surface area contributed by atoms with E-state index in [2.05, 4.69) is 37.9 Å². The number of carbonyl (C=O) groups is 1. The molecule has 0 amide bonds. The van der Waals surface area contributed by atoms with Gasteiger partial charge in [-0.3, -0.25) is 4.98 Å². The Bertz CT molecular complexity index is 871. The zero-order chi connectivity index (χ0) is 22.1. The number of fused-ring (bicyclic) bond motifs is 1. The third-order valence-electron chi connectivity index (χ3n) is 6.87. The lowest BCUT2D eigenvalue weighted by Gasteiger charge is -2.44. The summed E-state index contributed by atoms with van der Waals surface area (Å²) in [4.78, 5) is 16.9. The molecule has 2 aliphatic rings. The second-order valence-corrected chi connectivity index (χ2v) is 8.78. The van der Waals surface area contributed by atoms with Gasteiger partial charge in [-0.25, -0.2) is 4.79 Å². The Morgan fingerprint density at radius 3 is 2.70 bits per heavy atom. The van der Waals surface area contributed by atoms with E-state index < -0.39 is 11.6 Å². The molecule has 162 valence electrons. The zero-order valence-electron chi connectivity index (χ0n) is 18.6. The van der Waals surface area contributed by atoms with Crippen molar-refractivity contribution < 1.29 is 14.6 Å². The van der Waals surface area contributed by atoms with Crippen molar-refractivity contribution in [1.29, 1.82) is 0 Å². The summed E-state index contributed by atoms with van der Waals surface area (Å²) in [5.74, 6) is -0.122. The van der Waals surface area contributed by atoms with Gasteiger partial charge in [0.15, 0.2) is 5.60 Å². The minimum Gasteiger partial charge on any atom is -0.460 e. The molecule has 3 N–H and O–H groups in total. The highest BCUT2D eigenvalue weighted by Gasteiger charge is 2.61. The Labute approximate surface area is 179 Å². The third kappa shape index (κ3) is 3.95. The molecule has 1 aliphatic heterocycles. The summed E-state index contributed by atoms with van der Waals surface area (Å²) in [6, 6.07) is 4.00. The van der Waals surface area contributed by atoms with Crippen LogP contribution in [0.15, 0.2) is 42.3 Å². The second-order valence-electron chi connectivity index (χ2n) is 8.78. The van der Waals surface area contributed by atoms with Crippen LogP contribution < -0.4 is 5.73 Å². The van der Waals surface area contributed by atoms with Crippen molar-refractivity contribution in [3.8, 4) is 0 Å². The van der Waals surface area contributed by atoms with Crippen LogP contribution in [0.2, 0.25) is 0 Å². The Morgan fingerprint density at radius 2 is 2.10 bits per heavy atom. The van der Waals surface area contributed by atoms with Crippen LogP contribution in [-0.2, 0) is 9.53 Å². The van der Waals surface area contributed by atoms with Crippen molar-refractivity contribution in [2.45, 2.75) is 59.2 Å². The van der Waals surface area contributed by atoms with Crippen molar-refractivity contribution in [2.75, 3.05) is 0 Å². The number of ether oxygens (including phenoxy) is 1. The minimum atomic E-state index is -1.39. The van der Waals surface area contributed by atoms with E-state index in [9.17, 15) is 9.90 Å². The summed E-state index contributed by atoms with van der Waals surface area (Å²) in [7, 11) is 0. The van der Waals surface area contributed by atoms with Crippen molar-refractivity contribution in [1.82, 2.24) is 4.98 Å². The molecule has 0 spiro atoms. The molecule has 30 heavy (non-hydrogen) atoms. The molecule has 1 unspecified atom stereocenters. The molecule has 1 saturated carbocycles. The number of aliphatic hydroxyl groups is 1. The highest BCUT2D eigenvalue weighted by atomic mass is 16.6. The number of esters is 1. The predicted molar refractivity (Wildman–Crippen MR) is 120 cm³/mol. The summed E-state index contributed by atoms with van der Waals surface area (Å²) in [5, 5.41) is 11.1. The largest absolute Gasteiger partial charge is 0.460 e. The average molecular weight is 411 g/mol. The van der Waals surface area contributed by atoms with E-state index in [1.165, 1.54) is 0 Å². The Hall–Kier alpha value is -2.40. The summed E-state index contributed by atoms with van der Waals surface area (Å²) in [5.41, 5.74) is 8.31. The van der Waals surface area contributed by atoms with Gasteiger partial charge in [-0.1, -0.05) is 45.1 Å². The van der Waals surface area contributed by atoms with E-state index in [0.29, 0.717) is 12.3 Å². The van der Waals surface area contributed by atoms with Crippen molar-refractivity contribution >= 4 is 17.6 Å². The number of aromatic nitrogens is 1. The molecule has 1 aromatic rings. The van der Waals surface area contributed by atoms with Gasteiger partial charge in [0.05, 0.1) is 5.69 Å². The quantitative estimate of drug-likeness (QED) is 0.557. The first-order valence-corrected chi connectivity index (χ1v) is 10.9. The Balaban J connectivity index is 1.85. The fourth-order valence-corrected chi connectivity index (χ4v) is 5.03. The van der Waals surface area contributed by atoms with Crippen LogP contribution in [0.1, 0.15) is 58.7 Å². The second kappa shape index (κ2) is 8.76. The van der Waals surface area contributed by atoms with Crippen molar-refractivity contribution in [3.63, 3.8) is 0 Å². The smallest absolute Gasteiger partial charge is 0.338 e. The maximum Gasteiger partial charge on any atom is 0.338 e. The molecule has 0 radical (unpaired) electrons. The summed E-state index contributed by atoms with van der Waals surface area (Å²) in [6.07, 6.45) is 11.0. The summed E-state index contributed by atoms with van der Waals surface area (Å²) >= 11 is 0. The average Bonchev–Trinajstić information content (AvgIpc) is 2.94. The van der Waals surface area contributed by atoms with Gasteiger partial charge in [0.25, 0.3) is 0 Å². The summed E-state index contributed by atoms with van der Waals surface area (Å²) < 4.78 is 5.43. The monoisotopic (exact) mass is 410 g/mol. The lowest BCUT2D eigenvalue weighted by molar-refractivity contribution is -0.160. The van der Waals surface area contributed by atoms with E-state index in [4.69, 9.17) is 10.5 Å². The maximum absolute atomic E-state index is 12.3. The predicted octanol–water partition coefficient (Wildman–Crippen LogP) is 4.34. The molecule has 6 atom stereocenters. The molecular formula is C25H34N2O3. The number of cyclic esters (lactones) is 1. The van der Waals surface area contributed by atoms with Gasteiger partial charge in [-0.05, 0) is 56.6 Å². The molecule has 1 aliphatic carbocycles. The minimum absolute atomic E-state index is 0.0379. The van der Waals surface area contributed by atoms with Gasteiger partial charge in [0.2, 0.25) is 0 Å². The number of hydrogen-bond acceptors (Lipinski definition) is 5. The lowest BCUT2D eigenvalue weighted by Crippen LogP contribution is -2.52. The Morgan fingerprint density at radius 1 is 1.37 bits per heavy atom. The molecule has 2 fully saturated rings. The molecule has 5 nitrogen and oxygen atoms in total. The molecule has 5 heteroatoms. The van der Waals surface area contributed by atoms with Gasteiger partial charge in [0.1, 0.15) is 6.10 Å². The number of rotatable bonds is 5. The highest BCUT2D eigenvalue weighted by molar-refractivity contribution is 5.82. The van der Waals surface area contributed by atoms with Gasteiger partial charge in [0, 0.05) is 28.9 Å². The first-order valence-electron chi connectivity index (χ1n) is 10.9. The molecule has 0 aromatic carbocycles. The molecule has 0 bridgehead atoms. The molecule has 1 aromatic heterocycles. The standard InChI is InChI=1S/C25H34N2O3/c1-6-8-21(22(26)7-2)18-9-10-19(27-14-18)11-12-20-16(4)15(3)13-25(29)23(20)17(5)30-24(25)28/h7-12,14-17,20,23,29H,6,13,26H2,1-5H3/b12-11+,21-8-,22-7+/t15-,16?,17+,20-,23-,25-/m0/s1. The topological polar surface area (TPSA) is 85.4 Å². The lowest BCUT2D eigenvalue weighted by atomic mass is 9.60. The van der Waals surface area contributed by atoms with Crippen LogP contribution in [0.3, 0.4) is 0 Å². The van der Waals surface area contributed by atoms with Crippen LogP contribution in [0.4, 0.5) is 0 Å². The number of pyridine rings is 1. The number of nitrogens with zero attached hydrogens (tertiary/aromatic N) is 1. The molecule has 3 rings (SSSR count). The fourth-order valence-electron chi connectivity index (χ4n) is 5.03. The van der Waals surface area contributed by atoms with Crippen LogP contribution in [0, 0.1) is 23.7 Å². The number of nitrogens with two attached hydrogens (primary N) is 1. The van der Waals surface area contributed by atoms with Crippen LogP contribution in [0.5, 0.6) is 0 Å². The van der Waals surface area contributed by atoms with E-state index in [1.807, 2.05) is 44.3 Å². The first kappa shape index (κ1) is 22.3. The van der Waals surface area contributed by atoms with Crippen molar-refractivity contribution in [3.05, 3.63) is 53.5 Å². The van der Waals surface area contributed by atoms with E-state index >= 15 is 0 Å². The normalized spacial score (nSPS) is 34.9. The first-order chi connectivity index (χ1) is 14.2. The van der Waals surface area contributed by atoms with Crippen molar-refractivity contribution in [2.24, 2.45) is 29.4 Å². The molecule has 2 heterocycles. The number of carbonyl (C=O) groups excluding carboxylic acids is 1. The highest BCUT2D eigenvalue weighted by Crippen LogP contribution is 2.51. The fraction of sp³-hybridized carbons (Fsp3) is 0.520.